The quantitative estimate of drug-likeness (QED) is 0.689. The molecule has 0 bridgehead atoms. The molecular formula is C7H6ClFN2S. The van der Waals surface area contributed by atoms with Crippen LogP contribution in [0.2, 0.25) is 5.02 Å². The SMILES string of the molecule is NC(=S)Nc1cc(F)ccc1Cl. The van der Waals surface area contributed by atoms with E-state index in [9.17, 15) is 4.39 Å². The van der Waals surface area contributed by atoms with Crippen LogP contribution in [0.25, 0.3) is 0 Å². The average Bonchev–Trinajstić information content (AvgIpc) is 1.96. The van der Waals surface area contributed by atoms with E-state index in [-0.39, 0.29) is 5.11 Å². The zero-order chi connectivity index (χ0) is 9.14. The van der Waals surface area contributed by atoms with E-state index in [2.05, 4.69) is 17.5 Å². The number of halogens is 2. The largest absolute Gasteiger partial charge is 0.376 e. The third kappa shape index (κ3) is 2.32. The van der Waals surface area contributed by atoms with Crippen molar-refractivity contribution in [2.45, 2.75) is 0 Å². The van der Waals surface area contributed by atoms with Gasteiger partial charge in [0.1, 0.15) is 5.82 Å². The Hall–Kier alpha value is -0.870. The van der Waals surface area contributed by atoms with Gasteiger partial charge >= 0.3 is 0 Å². The molecule has 0 aliphatic heterocycles. The standard InChI is InChI=1S/C7H6ClFN2S/c8-5-2-1-4(9)3-6(5)11-7(10)12/h1-3H,(H3,10,11,12). The van der Waals surface area contributed by atoms with Crippen molar-refractivity contribution >= 4 is 34.6 Å². The number of hydrogen-bond acceptors (Lipinski definition) is 1. The fraction of sp³-hybridized carbons (Fsp3) is 0. The molecule has 2 nitrogen and oxygen atoms in total. The van der Waals surface area contributed by atoms with Crippen molar-refractivity contribution in [3.63, 3.8) is 0 Å². The fourth-order valence-electron chi connectivity index (χ4n) is 0.726. The molecule has 0 aliphatic carbocycles. The first-order chi connectivity index (χ1) is 5.59. The molecule has 5 heteroatoms. The molecule has 64 valence electrons. The third-order valence-electron chi connectivity index (χ3n) is 1.19. The normalized spacial score (nSPS) is 9.50. The Balaban J connectivity index is 2.97. The summed E-state index contributed by atoms with van der Waals surface area (Å²) in [4.78, 5) is 0. The molecule has 0 heterocycles. The smallest absolute Gasteiger partial charge is 0.168 e. The topological polar surface area (TPSA) is 38.0 Å². The summed E-state index contributed by atoms with van der Waals surface area (Å²) in [6.07, 6.45) is 0. The first-order valence-corrected chi connectivity index (χ1v) is 3.90. The van der Waals surface area contributed by atoms with Gasteiger partial charge in [0.15, 0.2) is 5.11 Å². The van der Waals surface area contributed by atoms with Gasteiger partial charge in [-0.25, -0.2) is 4.39 Å². The summed E-state index contributed by atoms with van der Waals surface area (Å²) in [5.74, 6) is -0.391. The summed E-state index contributed by atoms with van der Waals surface area (Å²) in [5, 5.41) is 2.99. The van der Waals surface area contributed by atoms with E-state index in [0.717, 1.165) is 0 Å². The molecular weight excluding hydrogens is 199 g/mol. The number of nitrogens with two attached hydrogens (primary N) is 1. The minimum absolute atomic E-state index is 0.0579. The van der Waals surface area contributed by atoms with Crippen LogP contribution in [-0.2, 0) is 0 Å². The summed E-state index contributed by atoms with van der Waals surface area (Å²) in [5.41, 5.74) is 5.56. The van der Waals surface area contributed by atoms with Crippen molar-refractivity contribution in [1.82, 2.24) is 0 Å². The van der Waals surface area contributed by atoms with E-state index >= 15 is 0 Å². The van der Waals surface area contributed by atoms with E-state index < -0.39 is 5.82 Å². The van der Waals surface area contributed by atoms with Gasteiger partial charge in [-0.1, -0.05) is 11.6 Å². The van der Waals surface area contributed by atoms with Crippen molar-refractivity contribution in [3.8, 4) is 0 Å². The van der Waals surface area contributed by atoms with Crippen molar-refractivity contribution in [3.05, 3.63) is 29.0 Å². The molecule has 0 radical (unpaired) electrons. The lowest BCUT2D eigenvalue weighted by atomic mass is 10.3. The van der Waals surface area contributed by atoms with Gasteiger partial charge in [0.05, 0.1) is 10.7 Å². The summed E-state index contributed by atoms with van der Waals surface area (Å²) in [6.45, 7) is 0. The van der Waals surface area contributed by atoms with E-state index in [1.165, 1.54) is 18.2 Å². The number of thiocarbonyl (C=S) groups is 1. The molecule has 0 saturated heterocycles. The second kappa shape index (κ2) is 3.69. The number of hydrogen-bond donors (Lipinski definition) is 2. The van der Waals surface area contributed by atoms with Gasteiger partial charge in [-0.2, -0.15) is 0 Å². The van der Waals surface area contributed by atoms with E-state index in [0.29, 0.717) is 10.7 Å². The molecule has 1 aromatic carbocycles. The van der Waals surface area contributed by atoms with Gasteiger partial charge in [0, 0.05) is 0 Å². The highest BCUT2D eigenvalue weighted by Gasteiger charge is 2.01. The predicted molar refractivity (Wildman–Crippen MR) is 51.8 cm³/mol. The van der Waals surface area contributed by atoms with Crippen molar-refractivity contribution in [1.29, 1.82) is 0 Å². The summed E-state index contributed by atoms with van der Waals surface area (Å²) in [7, 11) is 0. The van der Waals surface area contributed by atoms with Crippen LogP contribution in [0.5, 0.6) is 0 Å². The molecule has 0 aliphatic rings. The first-order valence-electron chi connectivity index (χ1n) is 3.11. The molecule has 0 fully saturated rings. The van der Waals surface area contributed by atoms with Crippen LogP contribution < -0.4 is 11.1 Å². The highest BCUT2D eigenvalue weighted by Crippen LogP contribution is 2.21. The van der Waals surface area contributed by atoms with Crippen LogP contribution in [0.1, 0.15) is 0 Å². The van der Waals surface area contributed by atoms with Gasteiger partial charge in [-0.05, 0) is 30.4 Å². The Morgan fingerprint density at radius 1 is 1.58 bits per heavy atom. The lowest BCUT2D eigenvalue weighted by Gasteiger charge is -2.05. The molecule has 0 amide bonds. The summed E-state index contributed by atoms with van der Waals surface area (Å²) < 4.78 is 12.6. The van der Waals surface area contributed by atoms with Crippen LogP contribution in [-0.4, -0.2) is 5.11 Å². The molecule has 0 aromatic heterocycles. The second-order valence-corrected chi connectivity index (χ2v) is 2.96. The van der Waals surface area contributed by atoms with Crippen molar-refractivity contribution in [2.24, 2.45) is 5.73 Å². The van der Waals surface area contributed by atoms with Crippen LogP contribution in [0.3, 0.4) is 0 Å². The molecule has 0 unspecified atom stereocenters. The maximum atomic E-state index is 12.6. The van der Waals surface area contributed by atoms with Crippen LogP contribution in [0.4, 0.5) is 10.1 Å². The third-order valence-corrected chi connectivity index (χ3v) is 1.62. The van der Waals surface area contributed by atoms with Gasteiger partial charge in [0.25, 0.3) is 0 Å². The molecule has 12 heavy (non-hydrogen) atoms. The fourth-order valence-corrected chi connectivity index (χ4v) is 1.00. The maximum absolute atomic E-state index is 12.6. The number of nitrogens with one attached hydrogen (secondary N) is 1. The monoisotopic (exact) mass is 204 g/mol. The predicted octanol–water partition coefficient (Wildman–Crippen LogP) is 2.13. The summed E-state index contributed by atoms with van der Waals surface area (Å²) in [6, 6.07) is 3.91. The number of benzene rings is 1. The van der Waals surface area contributed by atoms with E-state index in [4.69, 9.17) is 17.3 Å². The molecule has 0 spiro atoms. The Morgan fingerprint density at radius 3 is 2.83 bits per heavy atom. The Kier molecular flexibility index (Phi) is 2.83. The number of rotatable bonds is 1. The minimum atomic E-state index is -0.391. The Bertz CT molecular complexity index is 316. The van der Waals surface area contributed by atoms with Crippen LogP contribution in [0, 0.1) is 5.82 Å². The molecule has 3 N–H and O–H groups in total. The second-order valence-electron chi connectivity index (χ2n) is 2.11. The summed E-state index contributed by atoms with van der Waals surface area (Å²) >= 11 is 10.3. The van der Waals surface area contributed by atoms with E-state index in [1.54, 1.807) is 0 Å². The average molecular weight is 205 g/mol. The highest BCUT2D eigenvalue weighted by molar-refractivity contribution is 7.80. The van der Waals surface area contributed by atoms with Gasteiger partial charge in [-0.3, -0.25) is 0 Å². The van der Waals surface area contributed by atoms with Crippen molar-refractivity contribution in [2.75, 3.05) is 5.32 Å². The minimum Gasteiger partial charge on any atom is -0.376 e. The van der Waals surface area contributed by atoms with E-state index in [1.807, 2.05) is 0 Å². The van der Waals surface area contributed by atoms with Gasteiger partial charge in [-0.15, -0.1) is 0 Å². The molecule has 0 saturated carbocycles. The molecule has 1 aromatic rings. The van der Waals surface area contributed by atoms with Crippen LogP contribution >= 0.6 is 23.8 Å². The Morgan fingerprint density at radius 2 is 2.25 bits per heavy atom. The van der Waals surface area contributed by atoms with Gasteiger partial charge in [0.2, 0.25) is 0 Å². The maximum Gasteiger partial charge on any atom is 0.168 e. The van der Waals surface area contributed by atoms with Crippen LogP contribution in [0.15, 0.2) is 18.2 Å². The Labute approximate surface area is 79.5 Å². The lowest BCUT2D eigenvalue weighted by Crippen LogP contribution is -2.19. The highest BCUT2D eigenvalue weighted by atomic mass is 35.5. The lowest BCUT2D eigenvalue weighted by molar-refractivity contribution is 0.628. The zero-order valence-electron chi connectivity index (χ0n) is 5.97. The number of anilines is 1. The molecule has 1 rings (SSSR count). The van der Waals surface area contributed by atoms with Crippen molar-refractivity contribution < 1.29 is 4.39 Å². The molecule has 0 atom stereocenters. The van der Waals surface area contributed by atoms with Gasteiger partial charge < -0.3 is 11.1 Å². The first kappa shape index (κ1) is 9.22. The zero-order valence-corrected chi connectivity index (χ0v) is 7.55.